The van der Waals surface area contributed by atoms with Crippen molar-refractivity contribution in [2.75, 3.05) is 25.0 Å². The SMILES string of the molecule is C#CCOC(=O)N1CCC(c2nc(C(=O)Nc3cc(C4CC4)nn3C)cs2)CC1. The van der Waals surface area contributed by atoms with Crippen LogP contribution < -0.4 is 5.32 Å². The zero-order chi connectivity index (χ0) is 20.4. The Morgan fingerprint density at radius 1 is 1.31 bits per heavy atom. The highest BCUT2D eigenvalue weighted by Gasteiger charge is 2.28. The van der Waals surface area contributed by atoms with Crippen molar-refractivity contribution in [3.63, 3.8) is 0 Å². The van der Waals surface area contributed by atoms with Gasteiger partial charge in [0.25, 0.3) is 5.91 Å². The van der Waals surface area contributed by atoms with Gasteiger partial charge in [-0.25, -0.2) is 9.78 Å². The molecule has 2 amide bonds. The molecule has 2 fully saturated rings. The van der Waals surface area contributed by atoms with Gasteiger partial charge in [0, 0.05) is 43.4 Å². The number of nitrogens with one attached hydrogen (secondary N) is 1. The molecule has 2 aromatic heterocycles. The van der Waals surface area contributed by atoms with Crippen molar-refractivity contribution in [3.8, 4) is 12.3 Å². The van der Waals surface area contributed by atoms with Crippen molar-refractivity contribution in [1.29, 1.82) is 0 Å². The number of hydrogen-bond acceptors (Lipinski definition) is 6. The highest BCUT2D eigenvalue weighted by atomic mass is 32.1. The summed E-state index contributed by atoms with van der Waals surface area (Å²) in [7, 11) is 1.83. The second-order valence-electron chi connectivity index (χ2n) is 7.40. The molecule has 3 heterocycles. The Morgan fingerprint density at radius 3 is 2.76 bits per heavy atom. The van der Waals surface area contributed by atoms with Gasteiger partial charge < -0.3 is 15.0 Å². The topological polar surface area (TPSA) is 89.3 Å². The van der Waals surface area contributed by atoms with Crippen molar-refractivity contribution in [2.45, 2.75) is 37.5 Å². The summed E-state index contributed by atoms with van der Waals surface area (Å²) in [6.45, 7) is 1.17. The molecule has 0 spiro atoms. The van der Waals surface area contributed by atoms with Crippen molar-refractivity contribution < 1.29 is 14.3 Å². The van der Waals surface area contributed by atoms with Crippen LogP contribution in [0.1, 0.15) is 58.7 Å². The molecule has 29 heavy (non-hydrogen) atoms. The minimum absolute atomic E-state index is 0.0114. The highest BCUT2D eigenvalue weighted by Crippen LogP contribution is 2.40. The van der Waals surface area contributed by atoms with Gasteiger partial charge in [-0.05, 0) is 25.7 Å². The van der Waals surface area contributed by atoms with Crippen LogP contribution in [0, 0.1) is 12.3 Å². The number of likely N-dealkylation sites (tertiary alicyclic amines) is 1. The van der Waals surface area contributed by atoms with Crippen molar-refractivity contribution >= 4 is 29.2 Å². The predicted octanol–water partition coefficient (Wildman–Crippen LogP) is 2.96. The third kappa shape index (κ3) is 4.43. The fourth-order valence-corrected chi connectivity index (χ4v) is 4.42. The number of piperidine rings is 1. The van der Waals surface area contributed by atoms with Crippen molar-refractivity contribution in [1.82, 2.24) is 19.7 Å². The first kappa shape index (κ1) is 19.5. The summed E-state index contributed by atoms with van der Waals surface area (Å²) in [6.07, 6.45) is 8.64. The van der Waals surface area contributed by atoms with E-state index in [0.29, 0.717) is 30.5 Å². The number of amides is 2. The summed E-state index contributed by atoms with van der Waals surface area (Å²) in [5.41, 5.74) is 1.45. The van der Waals surface area contributed by atoms with E-state index in [0.717, 1.165) is 23.5 Å². The Labute approximate surface area is 173 Å². The normalized spacial score (nSPS) is 17.0. The summed E-state index contributed by atoms with van der Waals surface area (Å²) in [6, 6.07) is 1.94. The average Bonchev–Trinajstić information content (AvgIpc) is 3.35. The lowest BCUT2D eigenvalue weighted by Gasteiger charge is -2.30. The monoisotopic (exact) mass is 413 g/mol. The molecule has 2 aromatic rings. The lowest BCUT2D eigenvalue weighted by Crippen LogP contribution is -2.38. The lowest BCUT2D eigenvalue weighted by molar-refractivity contribution is 0.102. The van der Waals surface area contributed by atoms with Gasteiger partial charge in [-0.1, -0.05) is 5.92 Å². The van der Waals surface area contributed by atoms with Crippen LogP contribution >= 0.6 is 11.3 Å². The number of nitrogens with zero attached hydrogens (tertiary/aromatic N) is 4. The number of rotatable bonds is 5. The molecule has 1 saturated carbocycles. The fourth-order valence-electron chi connectivity index (χ4n) is 3.45. The molecule has 1 aliphatic carbocycles. The molecule has 4 rings (SSSR count). The van der Waals surface area contributed by atoms with Gasteiger partial charge in [-0.15, -0.1) is 17.8 Å². The van der Waals surface area contributed by atoms with Gasteiger partial charge in [0.05, 0.1) is 10.7 Å². The van der Waals surface area contributed by atoms with E-state index in [4.69, 9.17) is 11.2 Å². The van der Waals surface area contributed by atoms with Crippen LogP contribution in [0.4, 0.5) is 10.6 Å². The minimum atomic E-state index is -0.373. The molecule has 2 aliphatic rings. The molecule has 8 nitrogen and oxygen atoms in total. The molecule has 1 aliphatic heterocycles. The number of aromatic nitrogens is 3. The van der Waals surface area contributed by atoms with Crippen LogP contribution in [0.15, 0.2) is 11.4 Å². The van der Waals surface area contributed by atoms with Crippen LogP contribution in [0.25, 0.3) is 0 Å². The zero-order valence-corrected chi connectivity index (χ0v) is 17.1. The van der Waals surface area contributed by atoms with Gasteiger partial charge in [-0.2, -0.15) is 5.10 Å². The number of ether oxygens (including phenoxy) is 1. The van der Waals surface area contributed by atoms with E-state index in [1.165, 1.54) is 24.2 Å². The van der Waals surface area contributed by atoms with E-state index in [-0.39, 0.29) is 24.5 Å². The molecule has 1 N–H and O–H groups in total. The molecule has 0 unspecified atom stereocenters. The quantitative estimate of drug-likeness (QED) is 0.762. The first-order chi connectivity index (χ1) is 14.0. The maximum absolute atomic E-state index is 12.6. The summed E-state index contributed by atoms with van der Waals surface area (Å²) in [4.78, 5) is 30.7. The predicted molar refractivity (Wildman–Crippen MR) is 109 cm³/mol. The number of terminal acetylenes is 1. The zero-order valence-electron chi connectivity index (χ0n) is 16.3. The van der Waals surface area contributed by atoms with E-state index < -0.39 is 0 Å². The first-order valence-electron chi connectivity index (χ1n) is 9.71. The highest BCUT2D eigenvalue weighted by molar-refractivity contribution is 7.10. The van der Waals surface area contributed by atoms with E-state index >= 15 is 0 Å². The largest absolute Gasteiger partial charge is 0.436 e. The Kier molecular flexibility index (Phi) is 5.53. The number of carbonyl (C=O) groups excluding carboxylic acids is 2. The fraction of sp³-hybridized carbons (Fsp3) is 0.500. The lowest BCUT2D eigenvalue weighted by atomic mass is 9.98. The Morgan fingerprint density at radius 2 is 2.07 bits per heavy atom. The van der Waals surface area contributed by atoms with Crippen LogP contribution in [0.2, 0.25) is 0 Å². The molecular formula is C20H23N5O3S. The second kappa shape index (κ2) is 8.25. The first-order valence-corrected chi connectivity index (χ1v) is 10.6. The van der Waals surface area contributed by atoms with Gasteiger partial charge in [0.1, 0.15) is 11.5 Å². The van der Waals surface area contributed by atoms with Crippen molar-refractivity contribution in [3.05, 3.63) is 27.8 Å². The summed E-state index contributed by atoms with van der Waals surface area (Å²) < 4.78 is 6.67. The number of anilines is 1. The van der Waals surface area contributed by atoms with Gasteiger partial charge in [-0.3, -0.25) is 9.48 Å². The van der Waals surface area contributed by atoms with Crippen LogP contribution in [-0.2, 0) is 11.8 Å². The number of carbonyl (C=O) groups is 2. The second-order valence-corrected chi connectivity index (χ2v) is 8.29. The number of thiazole rings is 1. The molecule has 152 valence electrons. The van der Waals surface area contributed by atoms with Crippen LogP contribution in [-0.4, -0.2) is 51.4 Å². The van der Waals surface area contributed by atoms with E-state index in [1.807, 2.05) is 13.1 Å². The smallest absolute Gasteiger partial charge is 0.410 e. The molecule has 0 atom stereocenters. The standard InChI is InChI=1S/C20H23N5O3S/c1-3-10-28-20(27)25-8-6-14(7-9-25)19-21-16(12-29-19)18(26)22-17-11-15(13-4-5-13)23-24(17)2/h1,11-14H,4-10H2,2H3,(H,22,26). The van der Waals surface area contributed by atoms with E-state index in [9.17, 15) is 9.59 Å². The average molecular weight is 414 g/mol. The summed E-state index contributed by atoms with van der Waals surface area (Å²) >= 11 is 1.49. The number of hydrogen-bond donors (Lipinski definition) is 1. The molecular weight excluding hydrogens is 390 g/mol. The van der Waals surface area contributed by atoms with E-state index in [1.54, 1.807) is 15.0 Å². The summed E-state index contributed by atoms with van der Waals surface area (Å²) in [5.74, 6) is 3.52. The third-order valence-corrected chi connectivity index (χ3v) is 6.28. The Balaban J connectivity index is 1.33. The summed E-state index contributed by atoms with van der Waals surface area (Å²) in [5, 5.41) is 10.1. The number of aryl methyl sites for hydroxylation is 1. The van der Waals surface area contributed by atoms with E-state index in [2.05, 4.69) is 21.3 Å². The van der Waals surface area contributed by atoms with Crippen molar-refractivity contribution in [2.24, 2.45) is 7.05 Å². The molecule has 0 aromatic carbocycles. The van der Waals surface area contributed by atoms with Gasteiger partial charge >= 0.3 is 6.09 Å². The maximum Gasteiger partial charge on any atom is 0.410 e. The van der Waals surface area contributed by atoms with Crippen LogP contribution in [0.5, 0.6) is 0 Å². The van der Waals surface area contributed by atoms with Crippen LogP contribution in [0.3, 0.4) is 0 Å². The molecule has 0 bridgehead atoms. The Hall–Kier alpha value is -2.86. The molecule has 1 saturated heterocycles. The molecule has 0 radical (unpaired) electrons. The Bertz CT molecular complexity index is 948. The minimum Gasteiger partial charge on any atom is -0.436 e. The maximum atomic E-state index is 12.6. The third-order valence-electron chi connectivity index (χ3n) is 5.27. The van der Waals surface area contributed by atoms with Gasteiger partial charge in [0.2, 0.25) is 0 Å². The van der Waals surface area contributed by atoms with Gasteiger partial charge in [0.15, 0.2) is 6.61 Å². The molecule has 9 heteroatoms.